The number of anilines is 1. The van der Waals surface area contributed by atoms with Gasteiger partial charge in [0.2, 0.25) is 5.95 Å². The highest BCUT2D eigenvalue weighted by molar-refractivity contribution is 5.78. The van der Waals surface area contributed by atoms with Gasteiger partial charge in [0.05, 0.1) is 30.7 Å². The standard InChI is InChI=1S/C20H19FN6O/c1-28-19-8-7-14(11-16(19)21)17-13-23-26-20(25-17)22-9-4-10-27-18-6-3-2-5-15(18)12-24-27/h2-3,5-8,11-13H,4,9-10H2,1H3,(H,22,25,26). The maximum atomic E-state index is 13.9. The zero-order valence-corrected chi connectivity index (χ0v) is 15.3. The van der Waals surface area contributed by atoms with E-state index in [1.54, 1.807) is 12.1 Å². The molecule has 0 spiro atoms. The van der Waals surface area contributed by atoms with Crippen molar-refractivity contribution in [2.75, 3.05) is 19.0 Å². The van der Waals surface area contributed by atoms with Crippen molar-refractivity contribution in [3.05, 3.63) is 60.7 Å². The molecule has 0 aliphatic heterocycles. The number of aromatic nitrogens is 5. The number of aryl methyl sites for hydroxylation is 1. The highest BCUT2D eigenvalue weighted by atomic mass is 19.1. The molecule has 0 radical (unpaired) electrons. The number of hydrogen-bond acceptors (Lipinski definition) is 6. The van der Waals surface area contributed by atoms with Gasteiger partial charge in [-0.2, -0.15) is 10.2 Å². The van der Waals surface area contributed by atoms with Crippen LogP contribution >= 0.6 is 0 Å². The molecule has 0 amide bonds. The zero-order chi connectivity index (χ0) is 19.3. The van der Waals surface area contributed by atoms with Gasteiger partial charge in [0.15, 0.2) is 11.6 Å². The molecule has 8 heteroatoms. The number of halogens is 1. The van der Waals surface area contributed by atoms with Crippen molar-refractivity contribution >= 4 is 16.9 Å². The van der Waals surface area contributed by atoms with Crippen LogP contribution in [-0.4, -0.2) is 38.6 Å². The van der Waals surface area contributed by atoms with Crippen molar-refractivity contribution in [1.29, 1.82) is 0 Å². The second kappa shape index (κ2) is 7.99. The van der Waals surface area contributed by atoms with Gasteiger partial charge < -0.3 is 10.1 Å². The lowest BCUT2D eigenvalue weighted by Crippen LogP contribution is -2.10. The molecular formula is C20H19FN6O. The predicted octanol–water partition coefficient (Wildman–Crippen LogP) is 3.54. The lowest BCUT2D eigenvalue weighted by atomic mass is 10.1. The lowest BCUT2D eigenvalue weighted by molar-refractivity contribution is 0.386. The average Bonchev–Trinajstić information content (AvgIpc) is 3.14. The van der Waals surface area contributed by atoms with Gasteiger partial charge in [-0.3, -0.25) is 4.68 Å². The van der Waals surface area contributed by atoms with Crippen LogP contribution in [0.1, 0.15) is 6.42 Å². The van der Waals surface area contributed by atoms with Crippen LogP contribution in [-0.2, 0) is 6.54 Å². The molecule has 28 heavy (non-hydrogen) atoms. The molecule has 1 N–H and O–H groups in total. The maximum Gasteiger partial charge on any atom is 0.243 e. The highest BCUT2D eigenvalue weighted by Gasteiger charge is 2.08. The number of nitrogens with one attached hydrogen (secondary N) is 1. The molecule has 0 bridgehead atoms. The summed E-state index contributed by atoms with van der Waals surface area (Å²) in [5.41, 5.74) is 2.26. The lowest BCUT2D eigenvalue weighted by Gasteiger charge is -2.08. The summed E-state index contributed by atoms with van der Waals surface area (Å²) in [5.74, 6) is 0.147. The monoisotopic (exact) mass is 378 g/mol. The molecule has 0 aliphatic rings. The van der Waals surface area contributed by atoms with E-state index < -0.39 is 5.82 Å². The van der Waals surface area contributed by atoms with E-state index in [4.69, 9.17) is 4.74 Å². The number of fused-ring (bicyclic) bond motifs is 1. The number of benzene rings is 2. The fourth-order valence-corrected chi connectivity index (χ4v) is 2.98. The van der Waals surface area contributed by atoms with Crippen molar-refractivity contribution in [3.63, 3.8) is 0 Å². The minimum Gasteiger partial charge on any atom is -0.494 e. The van der Waals surface area contributed by atoms with E-state index in [1.165, 1.54) is 19.4 Å². The normalized spacial score (nSPS) is 10.9. The van der Waals surface area contributed by atoms with E-state index in [-0.39, 0.29) is 5.75 Å². The SMILES string of the molecule is COc1ccc(-c2cnnc(NCCCn3ncc4ccccc43)n2)cc1F. The highest BCUT2D eigenvalue weighted by Crippen LogP contribution is 2.24. The zero-order valence-electron chi connectivity index (χ0n) is 15.3. The third kappa shape index (κ3) is 3.75. The summed E-state index contributed by atoms with van der Waals surface area (Å²) in [4.78, 5) is 4.41. The Hall–Kier alpha value is -3.55. The third-order valence-corrected chi connectivity index (χ3v) is 4.39. The molecule has 4 rings (SSSR count). The maximum absolute atomic E-state index is 13.9. The molecule has 7 nitrogen and oxygen atoms in total. The molecule has 0 saturated heterocycles. The fraction of sp³-hybridized carbons (Fsp3) is 0.200. The van der Waals surface area contributed by atoms with Gasteiger partial charge in [-0.15, -0.1) is 5.10 Å². The van der Waals surface area contributed by atoms with Crippen LogP contribution in [0.25, 0.3) is 22.2 Å². The number of para-hydroxylation sites is 1. The van der Waals surface area contributed by atoms with Gasteiger partial charge in [0.25, 0.3) is 0 Å². The molecule has 4 aromatic rings. The number of rotatable bonds is 7. The summed E-state index contributed by atoms with van der Waals surface area (Å²) >= 11 is 0. The van der Waals surface area contributed by atoms with Crippen LogP contribution in [0.15, 0.2) is 54.9 Å². The Balaban J connectivity index is 1.38. The molecule has 0 unspecified atom stereocenters. The molecule has 0 aliphatic carbocycles. The Bertz CT molecular complexity index is 1100. The number of ether oxygens (including phenoxy) is 1. The molecule has 0 fully saturated rings. The van der Waals surface area contributed by atoms with Crippen molar-refractivity contribution in [1.82, 2.24) is 25.0 Å². The molecule has 0 saturated carbocycles. The van der Waals surface area contributed by atoms with E-state index in [9.17, 15) is 4.39 Å². The number of nitrogens with zero attached hydrogens (tertiary/aromatic N) is 5. The first kappa shape index (κ1) is 17.8. The molecule has 0 atom stereocenters. The smallest absolute Gasteiger partial charge is 0.243 e. The topological polar surface area (TPSA) is 77.8 Å². The fourth-order valence-electron chi connectivity index (χ4n) is 2.98. The van der Waals surface area contributed by atoms with Gasteiger partial charge in [-0.05, 0) is 30.7 Å². The van der Waals surface area contributed by atoms with Crippen molar-refractivity contribution < 1.29 is 9.13 Å². The van der Waals surface area contributed by atoms with E-state index in [1.807, 2.05) is 29.1 Å². The minimum absolute atomic E-state index is 0.190. The first-order chi connectivity index (χ1) is 13.7. The number of methoxy groups -OCH3 is 1. The van der Waals surface area contributed by atoms with E-state index >= 15 is 0 Å². The van der Waals surface area contributed by atoms with Crippen LogP contribution < -0.4 is 10.1 Å². The summed E-state index contributed by atoms with van der Waals surface area (Å²) in [6.45, 7) is 1.44. The summed E-state index contributed by atoms with van der Waals surface area (Å²) in [7, 11) is 1.43. The summed E-state index contributed by atoms with van der Waals surface area (Å²) < 4.78 is 20.8. The van der Waals surface area contributed by atoms with Gasteiger partial charge in [0.1, 0.15) is 0 Å². The minimum atomic E-state index is -0.445. The average molecular weight is 378 g/mol. The Morgan fingerprint density at radius 3 is 2.89 bits per heavy atom. The molecule has 2 aromatic heterocycles. The van der Waals surface area contributed by atoms with E-state index in [2.05, 4.69) is 31.7 Å². The van der Waals surface area contributed by atoms with Gasteiger partial charge in [-0.1, -0.05) is 18.2 Å². The Labute approximate surface area is 161 Å². The van der Waals surface area contributed by atoms with Crippen LogP contribution in [0.5, 0.6) is 5.75 Å². The third-order valence-electron chi connectivity index (χ3n) is 4.39. The van der Waals surface area contributed by atoms with Gasteiger partial charge >= 0.3 is 0 Å². The van der Waals surface area contributed by atoms with Crippen LogP contribution in [0.3, 0.4) is 0 Å². The van der Waals surface area contributed by atoms with Gasteiger partial charge in [0, 0.05) is 24.0 Å². The molecule has 2 heterocycles. The molecular weight excluding hydrogens is 359 g/mol. The summed E-state index contributed by atoms with van der Waals surface area (Å²) in [6, 6.07) is 12.8. The number of hydrogen-bond donors (Lipinski definition) is 1. The van der Waals surface area contributed by atoms with Crippen LogP contribution in [0.4, 0.5) is 10.3 Å². The van der Waals surface area contributed by atoms with Crippen LogP contribution in [0, 0.1) is 5.82 Å². The Kier molecular flexibility index (Phi) is 5.09. The Morgan fingerprint density at radius 1 is 1.14 bits per heavy atom. The largest absolute Gasteiger partial charge is 0.494 e. The summed E-state index contributed by atoms with van der Waals surface area (Å²) in [6.07, 6.45) is 4.21. The second-order valence-corrected chi connectivity index (χ2v) is 6.22. The summed E-state index contributed by atoms with van der Waals surface area (Å²) in [5, 5.41) is 16.6. The Morgan fingerprint density at radius 2 is 2.04 bits per heavy atom. The van der Waals surface area contributed by atoms with Crippen molar-refractivity contribution in [3.8, 4) is 17.0 Å². The molecule has 142 valence electrons. The van der Waals surface area contributed by atoms with Crippen molar-refractivity contribution in [2.24, 2.45) is 0 Å². The van der Waals surface area contributed by atoms with E-state index in [0.717, 1.165) is 23.9 Å². The van der Waals surface area contributed by atoms with Crippen molar-refractivity contribution in [2.45, 2.75) is 13.0 Å². The van der Waals surface area contributed by atoms with Gasteiger partial charge in [-0.25, -0.2) is 9.37 Å². The van der Waals surface area contributed by atoms with E-state index in [0.29, 0.717) is 23.8 Å². The molecule has 2 aromatic carbocycles. The van der Waals surface area contributed by atoms with Crippen LogP contribution in [0.2, 0.25) is 0 Å². The quantitative estimate of drug-likeness (QED) is 0.496. The first-order valence-corrected chi connectivity index (χ1v) is 8.92. The second-order valence-electron chi connectivity index (χ2n) is 6.22. The predicted molar refractivity (Wildman–Crippen MR) is 105 cm³/mol. The first-order valence-electron chi connectivity index (χ1n) is 8.92.